The summed E-state index contributed by atoms with van der Waals surface area (Å²) in [6.07, 6.45) is 0.314. The summed E-state index contributed by atoms with van der Waals surface area (Å²) >= 11 is 12.6. The second-order valence-electron chi connectivity index (χ2n) is 11.4. The van der Waals surface area contributed by atoms with Crippen LogP contribution in [-0.2, 0) is 26.2 Å². The maximum Gasteiger partial charge on any atom is 0.264 e. The number of nitrogens with zero attached hydrogens (tertiary/aromatic N) is 2. The number of halogens is 2. The molecule has 0 saturated carbocycles. The highest BCUT2D eigenvalue weighted by Crippen LogP contribution is 2.28. The molecule has 1 atom stereocenters. The van der Waals surface area contributed by atoms with E-state index in [2.05, 4.69) is 5.32 Å². The molecular weight excluding hydrogens is 605 g/mol. The molecule has 0 bridgehead atoms. The van der Waals surface area contributed by atoms with Crippen molar-refractivity contribution in [3.05, 3.63) is 93.5 Å². The minimum atomic E-state index is -4.15. The molecule has 10 heteroatoms. The summed E-state index contributed by atoms with van der Waals surface area (Å²) in [5.41, 5.74) is 2.88. The average molecular weight is 647 g/mol. The van der Waals surface area contributed by atoms with Gasteiger partial charge >= 0.3 is 0 Å². The lowest BCUT2D eigenvalue weighted by molar-refractivity contribution is -0.140. The lowest BCUT2D eigenvalue weighted by Crippen LogP contribution is -2.52. The van der Waals surface area contributed by atoms with E-state index in [1.807, 2.05) is 53.7 Å². The fraction of sp³-hybridized carbons (Fsp3) is 0.394. The Bertz CT molecular complexity index is 1510. The smallest absolute Gasteiger partial charge is 0.264 e. The molecule has 0 spiro atoms. The molecule has 3 aromatic carbocycles. The Balaban J connectivity index is 2.09. The fourth-order valence-electron chi connectivity index (χ4n) is 4.57. The van der Waals surface area contributed by atoms with Gasteiger partial charge in [-0.2, -0.15) is 0 Å². The number of anilines is 1. The number of benzene rings is 3. The number of carbonyl (C=O) groups is 2. The van der Waals surface area contributed by atoms with Crippen LogP contribution in [0.4, 0.5) is 5.69 Å². The number of sulfonamides is 1. The van der Waals surface area contributed by atoms with Crippen LogP contribution >= 0.6 is 23.2 Å². The number of hydrogen-bond donors (Lipinski definition) is 1. The van der Waals surface area contributed by atoms with E-state index >= 15 is 0 Å². The van der Waals surface area contributed by atoms with Gasteiger partial charge in [0.2, 0.25) is 11.8 Å². The molecule has 0 radical (unpaired) electrons. The van der Waals surface area contributed by atoms with E-state index < -0.39 is 28.5 Å². The predicted molar refractivity (Wildman–Crippen MR) is 175 cm³/mol. The van der Waals surface area contributed by atoms with E-state index in [1.165, 1.54) is 17.0 Å². The van der Waals surface area contributed by atoms with Crippen molar-refractivity contribution in [2.75, 3.05) is 17.4 Å². The molecule has 43 heavy (non-hydrogen) atoms. The zero-order valence-corrected chi connectivity index (χ0v) is 27.9. The van der Waals surface area contributed by atoms with Crippen molar-refractivity contribution in [1.29, 1.82) is 0 Å². The van der Waals surface area contributed by atoms with E-state index in [4.69, 9.17) is 23.2 Å². The zero-order chi connectivity index (χ0) is 31.9. The molecule has 3 rings (SSSR count). The molecule has 0 saturated heterocycles. The quantitative estimate of drug-likeness (QED) is 0.213. The predicted octanol–water partition coefficient (Wildman–Crippen LogP) is 7.20. The van der Waals surface area contributed by atoms with E-state index in [1.54, 1.807) is 42.5 Å². The van der Waals surface area contributed by atoms with Gasteiger partial charge in [0.05, 0.1) is 10.6 Å². The van der Waals surface area contributed by atoms with Gasteiger partial charge in [0.1, 0.15) is 12.6 Å². The maximum atomic E-state index is 14.2. The van der Waals surface area contributed by atoms with Crippen LogP contribution in [0, 0.1) is 12.8 Å². The highest BCUT2D eigenvalue weighted by Gasteiger charge is 2.34. The third-order valence-corrected chi connectivity index (χ3v) is 9.54. The number of hydrogen-bond acceptors (Lipinski definition) is 4. The first-order chi connectivity index (χ1) is 20.2. The minimum absolute atomic E-state index is 0.00680. The molecule has 2 amide bonds. The standard InChI is InChI=1S/C33H41Cl2N3O4S/c1-7-31(33(40)36-19-22(2)3)37(20-26-10-13-27(34)18-30(26)35)32(39)21-38(28-14-11-25(12-15-28)23(4)5)43(41,42)29-16-8-24(6)9-17-29/h8-18,22-23,31H,7,19-21H2,1-6H3,(H,36,40). The van der Waals surface area contributed by atoms with E-state index in [9.17, 15) is 18.0 Å². The molecule has 7 nitrogen and oxygen atoms in total. The Morgan fingerprint density at radius 3 is 2.07 bits per heavy atom. The van der Waals surface area contributed by atoms with Crippen molar-refractivity contribution in [3.63, 3.8) is 0 Å². The minimum Gasteiger partial charge on any atom is -0.354 e. The summed E-state index contributed by atoms with van der Waals surface area (Å²) in [6, 6.07) is 17.7. The average Bonchev–Trinajstić information content (AvgIpc) is 2.95. The highest BCUT2D eigenvalue weighted by molar-refractivity contribution is 7.92. The lowest BCUT2D eigenvalue weighted by atomic mass is 10.0. The first-order valence-electron chi connectivity index (χ1n) is 14.4. The van der Waals surface area contributed by atoms with Gasteiger partial charge < -0.3 is 10.2 Å². The van der Waals surface area contributed by atoms with Crippen molar-refractivity contribution in [1.82, 2.24) is 10.2 Å². The Morgan fingerprint density at radius 1 is 0.907 bits per heavy atom. The molecule has 0 heterocycles. The van der Waals surface area contributed by atoms with Crippen LogP contribution in [0.5, 0.6) is 0 Å². The van der Waals surface area contributed by atoms with Crippen LogP contribution in [-0.4, -0.2) is 44.3 Å². The van der Waals surface area contributed by atoms with Gasteiger partial charge in [0.15, 0.2) is 0 Å². The van der Waals surface area contributed by atoms with E-state index in [0.717, 1.165) is 15.4 Å². The van der Waals surface area contributed by atoms with Gasteiger partial charge in [0.25, 0.3) is 10.0 Å². The number of amides is 2. The first kappa shape index (κ1) is 34.4. The monoisotopic (exact) mass is 645 g/mol. The van der Waals surface area contributed by atoms with Crippen LogP contribution < -0.4 is 9.62 Å². The summed E-state index contributed by atoms with van der Waals surface area (Å²) in [6.45, 7) is 11.7. The van der Waals surface area contributed by atoms with Crippen molar-refractivity contribution < 1.29 is 18.0 Å². The topological polar surface area (TPSA) is 86.8 Å². The molecule has 1 unspecified atom stereocenters. The highest BCUT2D eigenvalue weighted by atomic mass is 35.5. The third kappa shape index (κ3) is 8.97. The normalized spacial score (nSPS) is 12.3. The van der Waals surface area contributed by atoms with Crippen molar-refractivity contribution in [2.45, 2.75) is 71.4 Å². The van der Waals surface area contributed by atoms with Gasteiger partial charge in [-0.3, -0.25) is 13.9 Å². The van der Waals surface area contributed by atoms with Crippen molar-refractivity contribution in [2.24, 2.45) is 5.92 Å². The largest absolute Gasteiger partial charge is 0.354 e. The second kappa shape index (κ2) is 15.1. The number of nitrogens with one attached hydrogen (secondary N) is 1. The fourth-order valence-corrected chi connectivity index (χ4v) is 6.45. The summed E-state index contributed by atoms with van der Waals surface area (Å²) in [4.78, 5) is 29.1. The number of aryl methyl sites for hydroxylation is 1. The van der Waals surface area contributed by atoms with Crippen LogP contribution in [0.2, 0.25) is 10.0 Å². The van der Waals surface area contributed by atoms with Gasteiger partial charge in [-0.1, -0.05) is 93.7 Å². The molecule has 0 aromatic heterocycles. The van der Waals surface area contributed by atoms with Crippen LogP contribution in [0.3, 0.4) is 0 Å². The summed E-state index contributed by atoms with van der Waals surface area (Å²) in [5, 5.41) is 3.70. The van der Waals surface area contributed by atoms with Crippen LogP contribution in [0.15, 0.2) is 71.6 Å². The molecular formula is C33H41Cl2N3O4S. The van der Waals surface area contributed by atoms with Crippen LogP contribution in [0.1, 0.15) is 63.6 Å². The Hall–Kier alpha value is -3.07. The summed E-state index contributed by atoms with van der Waals surface area (Å²) in [7, 11) is -4.15. The second-order valence-corrected chi connectivity index (χ2v) is 14.1. The first-order valence-corrected chi connectivity index (χ1v) is 16.6. The van der Waals surface area contributed by atoms with Crippen molar-refractivity contribution >= 4 is 50.7 Å². The number of carbonyl (C=O) groups excluding carboxylic acids is 2. The Kier molecular flexibility index (Phi) is 12.1. The third-order valence-electron chi connectivity index (χ3n) is 7.16. The van der Waals surface area contributed by atoms with Crippen LogP contribution in [0.25, 0.3) is 0 Å². The summed E-state index contributed by atoms with van der Waals surface area (Å²) in [5.74, 6) is -0.405. The molecule has 0 aliphatic heterocycles. The van der Waals surface area contributed by atoms with Gasteiger partial charge in [0, 0.05) is 23.1 Å². The van der Waals surface area contributed by atoms with Crippen molar-refractivity contribution in [3.8, 4) is 0 Å². The van der Waals surface area contributed by atoms with Gasteiger partial charge in [-0.25, -0.2) is 8.42 Å². The Morgan fingerprint density at radius 2 is 1.53 bits per heavy atom. The number of rotatable bonds is 13. The molecule has 0 aliphatic rings. The van der Waals surface area contributed by atoms with E-state index in [0.29, 0.717) is 34.3 Å². The van der Waals surface area contributed by atoms with E-state index in [-0.39, 0.29) is 29.2 Å². The Labute approximate surface area is 266 Å². The molecule has 3 aromatic rings. The van der Waals surface area contributed by atoms with Gasteiger partial charge in [-0.15, -0.1) is 0 Å². The molecule has 0 aliphatic carbocycles. The molecule has 1 N–H and O–H groups in total. The molecule has 0 fully saturated rings. The van der Waals surface area contributed by atoms with Gasteiger partial charge in [-0.05, 0) is 72.7 Å². The zero-order valence-electron chi connectivity index (χ0n) is 25.6. The summed E-state index contributed by atoms with van der Waals surface area (Å²) < 4.78 is 29.2. The maximum absolute atomic E-state index is 14.2. The SMILES string of the molecule is CCC(C(=O)NCC(C)C)N(Cc1ccc(Cl)cc1Cl)C(=O)CN(c1ccc(C(C)C)cc1)S(=O)(=O)c1ccc(C)cc1. The molecule has 232 valence electrons. The lowest BCUT2D eigenvalue weighted by Gasteiger charge is -2.33.